The quantitative estimate of drug-likeness (QED) is 0.444. The van der Waals surface area contributed by atoms with Gasteiger partial charge in [-0.05, 0) is 47.5 Å². The Morgan fingerprint density at radius 1 is 0.750 bits per heavy atom. The van der Waals surface area contributed by atoms with Crippen molar-refractivity contribution < 1.29 is 28.5 Å². The predicted octanol–water partition coefficient (Wildman–Crippen LogP) is 3.98. The fourth-order valence-corrected chi connectivity index (χ4v) is 5.79. The van der Waals surface area contributed by atoms with E-state index in [2.05, 4.69) is 17.0 Å². The number of carbonyl (C=O) groups excluding carboxylic acids is 2. The van der Waals surface area contributed by atoms with Crippen LogP contribution in [0.5, 0.6) is 23.0 Å². The highest BCUT2D eigenvalue weighted by molar-refractivity contribution is 6.02. The first-order valence-corrected chi connectivity index (χ1v) is 13.3. The lowest BCUT2D eigenvalue weighted by atomic mass is 9.78. The molecule has 0 spiro atoms. The molecule has 0 radical (unpaired) electrons. The summed E-state index contributed by atoms with van der Waals surface area (Å²) in [6.07, 6.45) is 0. The van der Waals surface area contributed by atoms with Crippen LogP contribution in [0, 0.1) is 0 Å². The Hall–Kier alpha value is -4.40. The van der Waals surface area contributed by atoms with Crippen molar-refractivity contribution in [1.29, 1.82) is 0 Å². The van der Waals surface area contributed by atoms with Crippen LogP contribution in [-0.2, 0) is 4.79 Å². The van der Waals surface area contributed by atoms with Crippen LogP contribution in [0.2, 0.25) is 0 Å². The Kier molecular flexibility index (Phi) is 7.73. The molecule has 210 valence electrons. The smallest absolute Gasteiger partial charge is 0.254 e. The van der Waals surface area contributed by atoms with E-state index in [-0.39, 0.29) is 11.8 Å². The van der Waals surface area contributed by atoms with E-state index in [1.807, 2.05) is 35.2 Å². The maximum atomic E-state index is 14.5. The van der Waals surface area contributed by atoms with Crippen molar-refractivity contribution in [3.8, 4) is 23.0 Å². The van der Waals surface area contributed by atoms with Crippen molar-refractivity contribution in [2.75, 3.05) is 66.6 Å². The third-order valence-electron chi connectivity index (χ3n) is 7.90. The molecule has 9 nitrogen and oxygen atoms in total. The van der Waals surface area contributed by atoms with Crippen LogP contribution >= 0.6 is 0 Å². The summed E-state index contributed by atoms with van der Waals surface area (Å²) in [4.78, 5) is 34.0. The number of methoxy groups -OCH3 is 4. The molecule has 3 aromatic rings. The minimum atomic E-state index is -0.668. The number of para-hydroxylation sites is 1. The molecule has 2 heterocycles. The molecule has 2 amide bonds. The second-order valence-corrected chi connectivity index (χ2v) is 9.90. The topological polar surface area (TPSA) is 80.8 Å². The molecule has 0 aromatic heterocycles. The number of hydrogen-bond acceptors (Lipinski definition) is 7. The van der Waals surface area contributed by atoms with Gasteiger partial charge in [0.1, 0.15) is 0 Å². The fourth-order valence-electron chi connectivity index (χ4n) is 5.79. The third kappa shape index (κ3) is 4.76. The Labute approximate surface area is 234 Å². The Morgan fingerprint density at radius 3 is 1.98 bits per heavy atom. The summed E-state index contributed by atoms with van der Waals surface area (Å²) in [5.74, 6) is 1.10. The van der Waals surface area contributed by atoms with Crippen LogP contribution in [0.15, 0.2) is 60.7 Å². The van der Waals surface area contributed by atoms with Gasteiger partial charge in [0.2, 0.25) is 5.91 Å². The lowest BCUT2D eigenvalue weighted by molar-refractivity contribution is -0.134. The first kappa shape index (κ1) is 27.2. The van der Waals surface area contributed by atoms with Gasteiger partial charge in [0.25, 0.3) is 5.91 Å². The van der Waals surface area contributed by atoms with Gasteiger partial charge in [-0.15, -0.1) is 0 Å². The summed E-state index contributed by atoms with van der Waals surface area (Å²) in [7, 11) is 7.95. The van der Waals surface area contributed by atoms with Gasteiger partial charge in [0, 0.05) is 44.5 Å². The summed E-state index contributed by atoms with van der Waals surface area (Å²) >= 11 is 0. The summed E-state index contributed by atoms with van der Waals surface area (Å²) in [6, 6.07) is 18.6. The van der Waals surface area contributed by atoms with Gasteiger partial charge in [0.05, 0.1) is 40.4 Å². The van der Waals surface area contributed by atoms with E-state index in [1.165, 1.54) is 7.11 Å². The largest absolute Gasteiger partial charge is 0.493 e. The van der Waals surface area contributed by atoms with Gasteiger partial charge in [-0.2, -0.15) is 0 Å². The highest BCUT2D eigenvalue weighted by atomic mass is 16.5. The molecule has 1 fully saturated rings. The molecule has 0 N–H and O–H groups in total. The molecule has 0 saturated carbocycles. The molecule has 2 aliphatic heterocycles. The zero-order valence-electron chi connectivity index (χ0n) is 23.5. The van der Waals surface area contributed by atoms with Crippen LogP contribution in [-0.4, -0.2) is 83.3 Å². The first-order chi connectivity index (χ1) is 19.4. The van der Waals surface area contributed by atoms with Gasteiger partial charge >= 0.3 is 0 Å². The monoisotopic (exact) mass is 545 g/mol. The molecular formula is C31H35N3O6. The number of anilines is 1. The van der Waals surface area contributed by atoms with Crippen molar-refractivity contribution in [3.05, 3.63) is 77.4 Å². The highest BCUT2D eigenvalue weighted by Gasteiger charge is 2.45. The second kappa shape index (κ2) is 11.4. The molecule has 5 rings (SSSR count). The number of fused-ring (bicyclic) bond motifs is 1. The third-order valence-corrected chi connectivity index (χ3v) is 7.90. The maximum Gasteiger partial charge on any atom is 0.254 e. The Bertz CT molecular complexity index is 1390. The van der Waals surface area contributed by atoms with E-state index in [0.29, 0.717) is 47.2 Å². The molecule has 1 saturated heterocycles. The molecule has 3 aromatic carbocycles. The van der Waals surface area contributed by atoms with Gasteiger partial charge in [0.15, 0.2) is 23.0 Å². The van der Waals surface area contributed by atoms with Crippen molar-refractivity contribution in [2.45, 2.75) is 12.0 Å². The number of amides is 2. The van der Waals surface area contributed by atoms with Crippen LogP contribution in [0.3, 0.4) is 0 Å². The second-order valence-electron chi connectivity index (χ2n) is 9.90. The summed E-state index contributed by atoms with van der Waals surface area (Å²) in [5, 5.41) is 0. The number of benzene rings is 3. The van der Waals surface area contributed by atoms with E-state index < -0.39 is 12.0 Å². The van der Waals surface area contributed by atoms with Gasteiger partial charge in [-0.3, -0.25) is 9.59 Å². The number of rotatable bonds is 7. The summed E-state index contributed by atoms with van der Waals surface area (Å²) in [5.41, 5.74) is 2.97. The standard InChI is InChI=1S/C31H35N3O6/c1-32-29(20-11-12-24(37-2)25(17-20)38-3)28(22-18-26(39-4)27(40-5)19-23(22)30(32)35)31(36)34-15-13-33(14-16-34)21-9-7-6-8-10-21/h6-12,17-19,28-29H,13-16H2,1-5H3/t28-,29+/m0/s1. The van der Waals surface area contributed by atoms with Crippen LogP contribution in [0.4, 0.5) is 5.69 Å². The molecule has 2 atom stereocenters. The Balaban J connectivity index is 1.57. The molecule has 0 unspecified atom stereocenters. The molecule has 2 aliphatic rings. The number of ether oxygens (including phenoxy) is 4. The number of nitrogens with zero attached hydrogens (tertiary/aromatic N) is 3. The van der Waals surface area contributed by atoms with E-state index in [9.17, 15) is 9.59 Å². The number of carbonyl (C=O) groups is 2. The Morgan fingerprint density at radius 2 is 1.35 bits per heavy atom. The lowest BCUT2D eigenvalue weighted by Gasteiger charge is -2.43. The minimum absolute atomic E-state index is 0.0414. The number of likely N-dealkylation sites (N-methyl/N-ethyl adjacent to an activating group) is 1. The van der Waals surface area contributed by atoms with E-state index in [1.54, 1.807) is 51.5 Å². The zero-order valence-corrected chi connectivity index (χ0v) is 23.5. The van der Waals surface area contributed by atoms with Gasteiger partial charge in [-0.25, -0.2) is 0 Å². The zero-order chi connectivity index (χ0) is 28.4. The van der Waals surface area contributed by atoms with E-state index in [4.69, 9.17) is 18.9 Å². The fraction of sp³-hybridized carbons (Fsp3) is 0.355. The van der Waals surface area contributed by atoms with Crippen molar-refractivity contribution >= 4 is 17.5 Å². The highest BCUT2D eigenvalue weighted by Crippen LogP contribution is 2.47. The summed E-state index contributed by atoms with van der Waals surface area (Å²) in [6.45, 7) is 2.58. The average molecular weight is 546 g/mol. The summed E-state index contributed by atoms with van der Waals surface area (Å²) < 4.78 is 22.1. The van der Waals surface area contributed by atoms with Gasteiger partial charge in [-0.1, -0.05) is 24.3 Å². The molecule has 0 bridgehead atoms. The predicted molar refractivity (Wildman–Crippen MR) is 152 cm³/mol. The molecule has 9 heteroatoms. The van der Waals surface area contributed by atoms with E-state index in [0.717, 1.165) is 24.3 Å². The molecule has 0 aliphatic carbocycles. The first-order valence-electron chi connectivity index (χ1n) is 13.3. The number of hydrogen-bond donors (Lipinski definition) is 0. The maximum absolute atomic E-state index is 14.5. The van der Waals surface area contributed by atoms with E-state index >= 15 is 0 Å². The SMILES string of the molecule is COc1ccc([C@@H]2[C@@H](C(=O)N3CCN(c4ccccc4)CC3)c3cc(OC)c(OC)cc3C(=O)N2C)cc1OC. The normalized spacial score (nSPS) is 18.7. The molecular weight excluding hydrogens is 510 g/mol. The van der Waals surface area contributed by atoms with Crippen LogP contribution in [0.1, 0.15) is 33.4 Å². The van der Waals surface area contributed by atoms with Crippen molar-refractivity contribution in [3.63, 3.8) is 0 Å². The minimum Gasteiger partial charge on any atom is -0.493 e. The van der Waals surface area contributed by atoms with Gasteiger partial charge < -0.3 is 33.6 Å². The van der Waals surface area contributed by atoms with Crippen molar-refractivity contribution in [1.82, 2.24) is 9.80 Å². The number of piperazine rings is 1. The van der Waals surface area contributed by atoms with Crippen molar-refractivity contribution in [2.24, 2.45) is 0 Å². The average Bonchev–Trinajstić information content (AvgIpc) is 3.01. The van der Waals surface area contributed by atoms with Crippen LogP contribution in [0.25, 0.3) is 0 Å². The lowest BCUT2D eigenvalue weighted by Crippen LogP contribution is -2.53. The van der Waals surface area contributed by atoms with Crippen LogP contribution < -0.4 is 23.8 Å². The molecule has 40 heavy (non-hydrogen) atoms.